The lowest BCUT2D eigenvalue weighted by atomic mass is 10.1. The summed E-state index contributed by atoms with van der Waals surface area (Å²) >= 11 is 0. The van der Waals surface area contributed by atoms with Crippen LogP contribution in [0.2, 0.25) is 0 Å². The van der Waals surface area contributed by atoms with E-state index < -0.39 is 0 Å². The molecule has 2 atom stereocenters. The maximum atomic E-state index is 12.1. The van der Waals surface area contributed by atoms with E-state index in [4.69, 9.17) is 4.74 Å². The topological polar surface area (TPSA) is 64.4 Å². The molecule has 6 heteroatoms. The number of carbonyl (C=O) groups excluding carboxylic acids is 2. The first kappa shape index (κ1) is 16.8. The molecule has 0 radical (unpaired) electrons. The van der Waals surface area contributed by atoms with E-state index in [2.05, 4.69) is 29.4 Å². The lowest BCUT2D eigenvalue weighted by molar-refractivity contribution is -0.134. The number of likely N-dealkylation sites (tertiary alicyclic amines) is 1. The first-order valence-electron chi connectivity index (χ1n) is 9.17. The van der Waals surface area contributed by atoms with Crippen molar-refractivity contribution in [3.05, 3.63) is 53.3 Å². The fourth-order valence-corrected chi connectivity index (χ4v) is 3.60. The van der Waals surface area contributed by atoms with Crippen LogP contribution in [0.25, 0.3) is 0 Å². The first-order valence-corrected chi connectivity index (χ1v) is 9.17. The van der Waals surface area contributed by atoms with Gasteiger partial charge in [0.15, 0.2) is 0 Å². The zero-order valence-electron chi connectivity index (χ0n) is 14.9. The quantitative estimate of drug-likeness (QED) is 0.749. The van der Waals surface area contributed by atoms with E-state index in [0.717, 1.165) is 30.0 Å². The van der Waals surface area contributed by atoms with Crippen molar-refractivity contribution >= 4 is 11.9 Å². The Bertz CT molecular complexity index is 812. The first-order chi connectivity index (χ1) is 12.6. The van der Waals surface area contributed by atoms with E-state index in [1.54, 1.807) is 17.8 Å². The van der Waals surface area contributed by atoms with Crippen molar-refractivity contribution in [2.24, 2.45) is 11.8 Å². The van der Waals surface area contributed by atoms with Gasteiger partial charge in [-0.05, 0) is 36.3 Å². The molecule has 2 fully saturated rings. The minimum absolute atomic E-state index is 0.288. The summed E-state index contributed by atoms with van der Waals surface area (Å²) in [5.41, 5.74) is 2.71. The molecule has 0 unspecified atom stereocenters. The summed E-state index contributed by atoms with van der Waals surface area (Å²) in [6.45, 7) is 4.33. The minimum atomic E-state index is -0.349. The Morgan fingerprint density at radius 3 is 2.65 bits per heavy atom. The van der Waals surface area contributed by atoms with Crippen molar-refractivity contribution in [1.82, 2.24) is 14.7 Å². The standard InChI is InChI=1S/C20H23N3O3/c1-2-26-20(25)18-9-21-23(13-18)11-15-5-3-14(4-6-15)10-22-12-17-7-16(17)8-19(22)24/h3-6,9,13,16-17H,2,7-8,10-12H2,1H3/t16-,17+/m1/s1. The van der Waals surface area contributed by atoms with Crippen LogP contribution in [-0.2, 0) is 22.6 Å². The summed E-state index contributed by atoms with van der Waals surface area (Å²) in [6, 6.07) is 8.24. The van der Waals surface area contributed by atoms with Crippen LogP contribution >= 0.6 is 0 Å². The molecule has 6 nitrogen and oxygen atoms in total. The predicted molar refractivity (Wildman–Crippen MR) is 95.4 cm³/mol. The monoisotopic (exact) mass is 353 g/mol. The Balaban J connectivity index is 1.35. The number of nitrogens with zero attached hydrogens (tertiary/aromatic N) is 3. The van der Waals surface area contributed by atoms with Crippen molar-refractivity contribution < 1.29 is 14.3 Å². The second-order valence-electron chi connectivity index (χ2n) is 7.20. The number of hydrogen-bond acceptors (Lipinski definition) is 4. The van der Waals surface area contributed by atoms with E-state index in [0.29, 0.717) is 31.2 Å². The third-order valence-electron chi connectivity index (χ3n) is 5.20. The van der Waals surface area contributed by atoms with Gasteiger partial charge in [-0.2, -0.15) is 5.10 Å². The molecule has 2 heterocycles. The summed E-state index contributed by atoms with van der Waals surface area (Å²) in [5, 5.41) is 4.22. The molecule has 0 spiro atoms. The van der Waals surface area contributed by atoms with E-state index in [-0.39, 0.29) is 11.9 Å². The highest BCUT2D eigenvalue weighted by atomic mass is 16.5. The third-order valence-corrected chi connectivity index (χ3v) is 5.20. The summed E-state index contributed by atoms with van der Waals surface area (Å²) < 4.78 is 6.70. The number of ether oxygens (including phenoxy) is 1. The van der Waals surface area contributed by atoms with Crippen LogP contribution in [0.1, 0.15) is 41.3 Å². The largest absolute Gasteiger partial charge is 0.462 e. The normalized spacial score (nSPS) is 21.4. The van der Waals surface area contributed by atoms with E-state index in [9.17, 15) is 9.59 Å². The van der Waals surface area contributed by atoms with Gasteiger partial charge < -0.3 is 9.64 Å². The summed E-state index contributed by atoms with van der Waals surface area (Å²) in [5.74, 6) is 1.34. The average molecular weight is 353 g/mol. The highest BCUT2D eigenvalue weighted by molar-refractivity contribution is 5.88. The second kappa shape index (κ2) is 6.94. The summed E-state index contributed by atoms with van der Waals surface area (Å²) in [7, 11) is 0. The van der Waals surface area contributed by atoms with Gasteiger partial charge in [0.2, 0.25) is 5.91 Å². The number of hydrogen-bond donors (Lipinski definition) is 0. The zero-order chi connectivity index (χ0) is 18.1. The van der Waals surface area contributed by atoms with Crippen molar-refractivity contribution in [3.63, 3.8) is 0 Å². The van der Waals surface area contributed by atoms with Crippen molar-refractivity contribution in [2.45, 2.75) is 32.9 Å². The molecule has 1 saturated carbocycles. The summed E-state index contributed by atoms with van der Waals surface area (Å²) in [4.78, 5) is 25.8. The number of rotatable bonds is 6. The van der Waals surface area contributed by atoms with E-state index >= 15 is 0 Å². The second-order valence-corrected chi connectivity index (χ2v) is 7.20. The van der Waals surface area contributed by atoms with Gasteiger partial charge >= 0.3 is 5.97 Å². The smallest absolute Gasteiger partial charge is 0.341 e. The van der Waals surface area contributed by atoms with Gasteiger partial charge in [0.05, 0.1) is 24.9 Å². The molecular weight excluding hydrogens is 330 g/mol. The van der Waals surface area contributed by atoms with Crippen LogP contribution in [0.15, 0.2) is 36.7 Å². The van der Waals surface area contributed by atoms with Gasteiger partial charge in [-0.1, -0.05) is 24.3 Å². The zero-order valence-corrected chi connectivity index (χ0v) is 14.9. The molecule has 1 amide bonds. The van der Waals surface area contributed by atoms with Crippen LogP contribution in [-0.4, -0.2) is 39.7 Å². The molecule has 1 aliphatic heterocycles. The molecule has 1 aromatic heterocycles. The molecule has 1 saturated heterocycles. The van der Waals surface area contributed by atoms with Crippen LogP contribution < -0.4 is 0 Å². The SMILES string of the molecule is CCOC(=O)c1cnn(Cc2ccc(CN3C[C@@H]4C[C@@H]4CC3=O)cc2)c1. The molecule has 2 aliphatic rings. The van der Waals surface area contributed by atoms with Crippen molar-refractivity contribution in [2.75, 3.05) is 13.2 Å². The fraction of sp³-hybridized carbons (Fsp3) is 0.450. The molecule has 4 rings (SSSR count). The van der Waals surface area contributed by atoms with Gasteiger partial charge in [0, 0.05) is 25.7 Å². The highest BCUT2D eigenvalue weighted by Gasteiger charge is 2.44. The Kier molecular flexibility index (Phi) is 4.49. The Morgan fingerprint density at radius 1 is 1.19 bits per heavy atom. The van der Waals surface area contributed by atoms with Crippen LogP contribution in [0.3, 0.4) is 0 Å². The molecule has 1 aromatic carbocycles. The average Bonchev–Trinajstić information content (AvgIpc) is 3.21. The Morgan fingerprint density at radius 2 is 1.92 bits per heavy atom. The number of esters is 1. The maximum absolute atomic E-state index is 12.1. The molecule has 2 aromatic rings. The number of aromatic nitrogens is 2. The fourth-order valence-electron chi connectivity index (χ4n) is 3.60. The van der Waals surface area contributed by atoms with Crippen LogP contribution in [0.4, 0.5) is 0 Å². The predicted octanol–water partition coefficient (Wildman–Crippen LogP) is 2.48. The van der Waals surface area contributed by atoms with E-state index in [1.807, 2.05) is 4.90 Å². The Labute approximate surface area is 152 Å². The van der Waals surface area contributed by atoms with Gasteiger partial charge in [0.25, 0.3) is 0 Å². The number of carbonyl (C=O) groups is 2. The maximum Gasteiger partial charge on any atom is 0.341 e. The molecule has 0 bridgehead atoms. The molecule has 136 valence electrons. The molecule has 0 N–H and O–H groups in total. The lowest BCUT2D eigenvalue weighted by Crippen LogP contribution is -2.36. The number of benzene rings is 1. The Hall–Kier alpha value is -2.63. The van der Waals surface area contributed by atoms with Crippen LogP contribution in [0, 0.1) is 11.8 Å². The van der Waals surface area contributed by atoms with Gasteiger partial charge in [-0.3, -0.25) is 9.48 Å². The number of amides is 1. The van der Waals surface area contributed by atoms with Gasteiger partial charge in [0.1, 0.15) is 0 Å². The van der Waals surface area contributed by atoms with Gasteiger partial charge in [-0.15, -0.1) is 0 Å². The summed E-state index contributed by atoms with van der Waals surface area (Å²) in [6.07, 6.45) is 5.17. The van der Waals surface area contributed by atoms with Gasteiger partial charge in [-0.25, -0.2) is 4.79 Å². The van der Waals surface area contributed by atoms with Crippen molar-refractivity contribution in [3.8, 4) is 0 Å². The van der Waals surface area contributed by atoms with Crippen molar-refractivity contribution in [1.29, 1.82) is 0 Å². The minimum Gasteiger partial charge on any atom is -0.462 e. The number of fused-ring (bicyclic) bond motifs is 1. The van der Waals surface area contributed by atoms with E-state index in [1.165, 1.54) is 12.6 Å². The molecular formula is C20H23N3O3. The third kappa shape index (κ3) is 3.64. The highest BCUT2D eigenvalue weighted by Crippen LogP contribution is 2.45. The molecule has 26 heavy (non-hydrogen) atoms. The van der Waals surface area contributed by atoms with Crippen LogP contribution in [0.5, 0.6) is 0 Å². The molecule has 1 aliphatic carbocycles. The lowest BCUT2D eigenvalue weighted by Gasteiger charge is -2.26. The number of piperidine rings is 1.